The Bertz CT molecular complexity index is 369. The van der Waals surface area contributed by atoms with Gasteiger partial charge in [0.15, 0.2) is 5.78 Å². The summed E-state index contributed by atoms with van der Waals surface area (Å²) in [5.41, 5.74) is 0.640. The lowest BCUT2D eigenvalue weighted by Crippen LogP contribution is -2.25. The lowest BCUT2D eigenvalue weighted by atomic mass is 10.1. The van der Waals surface area contributed by atoms with Gasteiger partial charge in [0, 0.05) is 23.8 Å². The van der Waals surface area contributed by atoms with Gasteiger partial charge in [-0.2, -0.15) is 0 Å². The Hall–Kier alpha value is -0.900. The van der Waals surface area contributed by atoms with Crippen LogP contribution in [0.5, 0.6) is 0 Å². The summed E-state index contributed by atoms with van der Waals surface area (Å²) in [7, 11) is 0. The van der Waals surface area contributed by atoms with Crippen molar-refractivity contribution in [2.75, 3.05) is 19.8 Å². The van der Waals surface area contributed by atoms with Crippen LogP contribution >= 0.6 is 11.6 Å². The van der Waals surface area contributed by atoms with Crippen LogP contribution in [0.2, 0.25) is 5.02 Å². The predicted molar refractivity (Wildman–Crippen MR) is 65.6 cm³/mol. The molecule has 17 heavy (non-hydrogen) atoms. The predicted octanol–water partition coefficient (Wildman–Crippen LogP) is 2.72. The highest BCUT2D eigenvalue weighted by molar-refractivity contribution is 6.30. The molecule has 0 unspecified atom stereocenters. The Balaban J connectivity index is 1.82. The first-order valence-corrected chi connectivity index (χ1v) is 6.11. The third-order valence-corrected chi connectivity index (χ3v) is 3.04. The van der Waals surface area contributed by atoms with E-state index >= 15 is 0 Å². The molecule has 3 nitrogen and oxygen atoms in total. The zero-order valence-corrected chi connectivity index (χ0v) is 10.3. The molecule has 1 aromatic rings. The summed E-state index contributed by atoms with van der Waals surface area (Å²) >= 11 is 5.76. The quantitative estimate of drug-likeness (QED) is 0.775. The van der Waals surface area contributed by atoms with Crippen molar-refractivity contribution < 1.29 is 14.3 Å². The van der Waals surface area contributed by atoms with Crippen molar-refractivity contribution in [1.82, 2.24) is 0 Å². The fourth-order valence-corrected chi connectivity index (χ4v) is 1.88. The SMILES string of the molecule is O=C(COC1CCOCC1)c1ccc(Cl)cc1. The molecule has 0 N–H and O–H groups in total. The molecule has 0 atom stereocenters. The van der Waals surface area contributed by atoms with Gasteiger partial charge in [-0.25, -0.2) is 0 Å². The van der Waals surface area contributed by atoms with Crippen molar-refractivity contribution in [3.63, 3.8) is 0 Å². The Morgan fingerprint density at radius 1 is 1.29 bits per heavy atom. The van der Waals surface area contributed by atoms with Gasteiger partial charge in [-0.1, -0.05) is 11.6 Å². The summed E-state index contributed by atoms with van der Waals surface area (Å²) in [6, 6.07) is 6.86. The Morgan fingerprint density at radius 2 is 1.94 bits per heavy atom. The molecular formula is C13H15ClO3. The molecule has 0 saturated carbocycles. The zero-order chi connectivity index (χ0) is 12.1. The number of halogens is 1. The third-order valence-electron chi connectivity index (χ3n) is 2.78. The first-order chi connectivity index (χ1) is 8.25. The van der Waals surface area contributed by atoms with Crippen LogP contribution < -0.4 is 0 Å². The van der Waals surface area contributed by atoms with E-state index in [1.54, 1.807) is 24.3 Å². The van der Waals surface area contributed by atoms with Gasteiger partial charge in [-0.05, 0) is 37.1 Å². The summed E-state index contributed by atoms with van der Waals surface area (Å²) in [6.07, 6.45) is 1.89. The molecule has 0 amide bonds. The Morgan fingerprint density at radius 3 is 2.59 bits per heavy atom. The summed E-state index contributed by atoms with van der Waals surface area (Å²) in [5.74, 6) is -0.00633. The molecule has 1 saturated heterocycles. The van der Waals surface area contributed by atoms with Gasteiger partial charge < -0.3 is 9.47 Å². The van der Waals surface area contributed by atoms with Crippen LogP contribution in [0.15, 0.2) is 24.3 Å². The summed E-state index contributed by atoms with van der Waals surface area (Å²) < 4.78 is 10.8. The molecule has 0 bridgehead atoms. The van der Waals surface area contributed by atoms with Crippen LogP contribution in [-0.2, 0) is 9.47 Å². The number of Topliss-reactive ketones (excluding diaryl/α,β-unsaturated/α-hetero) is 1. The number of ketones is 1. The highest BCUT2D eigenvalue weighted by Crippen LogP contribution is 2.13. The highest BCUT2D eigenvalue weighted by atomic mass is 35.5. The molecular weight excluding hydrogens is 240 g/mol. The molecule has 2 rings (SSSR count). The van der Waals surface area contributed by atoms with Crippen molar-refractivity contribution in [2.24, 2.45) is 0 Å². The summed E-state index contributed by atoms with van der Waals surface area (Å²) in [4.78, 5) is 11.8. The fraction of sp³-hybridized carbons (Fsp3) is 0.462. The van der Waals surface area contributed by atoms with E-state index in [2.05, 4.69) is 0 Å². The molecule has 0 radical (unpaired) electrons. The highest BCUT2D eigenvalue weighted by Gasteiger charge is 2.16. The third kappa shape index (κ3) is 3.80. The van der Waals surface area contributed by atoms with E-state index in [9.17, 15) is 4.79 Å². The second-order valence-electron chi connectivity index (χ2n) is 4.05. The second kappa shape index (κ2) is 6.15. The number of carbonyl (C=O) groups is 1. The van der Waals surface area contributed by atoms with Crippen molar-refractivity contribution in [3.8, 4) is 0 Å². The Kier molecular flexibility index (Phi) is 4.54. The van der Waals surface area contributed by atoms with Gasteiger partial charge in [0.1, 0.15) is 6.61 Å². The smallest absolute Gasteiger partial charge is 0.188 e. The zero-order valence-electron chi connectivity index (χ0n) is 9.52. The molecule has 0 spiro atoms. The second-order valence-corrected chi connectivity index (χ2v) is 4.49. The van der Waals surface area contributed by atoms with Crippen molar-refractivity contribution in [2.45, 2.75) is 18.9 Å². The van der Waals surface area contributed by atoms with Gasteiger partial charge in [0.05, 0.1) is 6.10 Å². The van der Waals surface area contributed by atoms with Gasteiger partial charge in [-0.3, -0.25) is 4.79 Å². The molecule has 4 heteroatoms. The number of rotatable bonds is 4. The lowest BCUT2D eigenvalue weighted by molar-refractivity contribution is -0.0262. The molecule has 92 valence electrons. The van der Waals surface area contributed by atoms with Crippen molar-refractivity contribution in [3.05, 3.63) is 34.9 Å². The fourth-order valence-electron chi connectivity index (χ4n) is 1.76. The van der Waals surface area contributed by atoms with Gasteiger partial charge in [0.25, 0.3) is 0 Å². The van der Waals surface area contributed by atoms with Crippen LogP contribution in [0.4, 0.5) is 0 Å². The lowest BCUT2D eigenvalue weighted by Gasteiger charge is -2.21. The standard InChI is InChI=1S/C13H15ClO3/c14-11-3-1-10(2-4-11)13(15)9-17-12-5-7-16-8-6-12/h1-4,12H,5-9H2. The average molecular weight is 255 g/mol. The molecule has 0 aromatic heterocycles. The summed E-state index contributed by atoms with van der Waals surface area (Å²) in [5, 5.41) is 0.631. The summed E-state index contributed by atoms with van der Waals surface area (Å²) in [6.45, 7) is 1.58. The number of hydrogen-bond acceptors (Lipinski definition) is 3. The van der Waals surface area contributed by atoms with E-state index in [-0.39, 0.29) is 18.5 Å². The minimum atomic E-state index is -0.00633. The minimum absolute atomic E-state index is 0.00633. The van der Waals surface area contributed by atoms with Crippen LogP contribution in [0.25, 0.3) is 0 Å². The number of ether oxygens (including phenoxy) is 2. The molecule has 1 aliphatic rings. The van der Waals surface area contributed by atoms with Gasteiger partial charge in [-0.15, -0.1) is 0 Å². The first-order valence-electron chi connectivity index (χ1n) is 5.74. The molecule has 1 aliphatic heterocycles. The van der Waals surface area contributed by atoms with Gasteiger partial charge in [0.2, 0.25) is 0 Å². The van der Waals surface area contributed by atoms with Gasteiger partial charge >= 0.3 is 0 Å². The molecule has 1 aromatic carbocycles. The maximum atomic E-state index is 11.8. The topological polar surface area (TPSA) is 35.5 Å². The number of benzene rings is 1. The Labute approximate surface area is 106 Å². The van der Waals surface area contributed by atoms with Crippen molar-refractivity contribution in [1.29, 1.82) is 0 Å². The van der Waals surface area contributed by atoms with E-state index in [1.165, 1.54) is 0 Å². The van der Waals surface area contributed by atoms with Crippen LogP contribution in [-0.4, -0.2) is 31.7 Å². The van der Waals surface area contributed by atoms with E-state index in [0.29, 0.717) is 10.6 Å². The first kappa shape index (κ1) is 12.6. The largest absolute Gasteiger partial charge is 0.381 e. The molecule has 1 fully saturated rings. The van der Waals surface area contributed by atoms with E-state index in [1.807, 2.05) is 0 Å². The van der Waals surface area contributed by atoms with E-state index in [0.717, 1.165) is 26.1 Å². The maximum absolute atomic E-state index is 11.8. The normalized spacial score (nSPS) is 17.0. The van der Waals surface area contributed by atoms with Crippen LogP contribution in [0.1, 0.15) is 23.2 Å². The van der Waals surface area contributed by atoms with E-state index < -0.39 is 0 Å². The number of hydrogen-bond donors (Lipinski definition) is 0. The average Bonchev–Trinajstić information content (AvgIpc) is 2.38. The monoisotopic (exact) mass is 254 g/mol. The van der Waals surface area contributed by atoms with E-state index in [4.69, 9.17) is 21.1 Å². The molecule has 1 heterocycles. The number of carbonyl (C=O) groups excluding carboxylic acids is 1. The van der Waals surface area contributed by atoms with Crippen LogP contribution in [0, 0.1) is 0 Å². The van der Waals surface area contributed by atoms with Crippen molar-refractivity contribution >= 4 is 17.4 Å². The maximum Gasteiger partial charge on any atom is 0.188 e. The minimum Gasteiger partial charge on any atom is -0.381 e. The molecule has 0 aliphatic carbocycles. The van der Waals surface area contributed by atoms with Crippen LogP contribution in [0.3, 0.4) is 0 Å².